The van der Waals surface area contributed by atoms with Crippen molar-refractivity contribution in [3.05, 3.63) is 33.8 Å². The summed E-state index contributed by atoms with van der Waals surface area (Å²) in [5.74, 6) is -0.501. The van der Waals surface area contributed by atoms with E-state index in [1.807, 2.05) is 0 Å². The van der Waals surface area contributed by atoms with Gasteiger partial charge in [-0.3, -0.25) is 15.6 Å². The second-order valence-corrected chi connectivity index (χ2v) is 3.79. The molecule has 0 saturated heterocycles. The van der Waals surface area contributed by atoms with Crippen LogP contribution >= 0.6 is 35.4 Å². The largest absolute Gasteiger partial charge is 0.375 e. The van der Waals surface area contributed by atoms with Crippen LogP contribution in [-0.4, -0.2) is 11.0 Å². The molecule has 7 heteroatoms. The molecule has 1 amide bonds. The molecule has 0 aliphatic rings. The van der Waals surface area contributed by atoms with E-state index in [2.05, 4.69) is 23.1 Å². The van der Waals surface area contributed by atoms with E-state index in [0.717, 1.165) is 0 Å². The summed E-state index contributed by atoms with van der Waals surface area (Å²) in [4.78, 5) is 11.5. The van der Waals surface area contributed by atoms with Crippen LogP contribution in [0.4, 0.5) is 0 Å². The lowest BCUT2D eigenvalue weighted by Gasteiger charge is -2.08. The van der Waals surface area contributed by atoms with Gasteiger partial charge in [-0.25, -0.2) is 0 Å². The SMILES string of the molecule is NC(=S)NNC(=O)c1c(Cl)cccc1Cl. The van der Waals surface area contributed by atoms with Gasteiger partial charge >= 0.3 is 0 Å². The minimum Gasteiger partial charge on any atom is -0.375 e. The first-order valence-electron chi connectivity index (χ1n) is 3.82. The molecule has 0 saturated carbocycles. The Balaban J connectivity index is 2.86. The van der Waals surface area contributed by atoms with Crippen molar-refractivity contribution in [2.24, 2.45) is 5.73 Å². The molecule has 0 aromatic heterocycles. The average Bonchev–Trinajstić information content (AvgIpc) is 2.14. The Bertz CT molecular complexity index is 391. The monoisotopic (exact) mass is 263 g/mol. The molecule has 0 aliphatic carbocycles. The highest BCUT2D eigenvalue weighted by atomic mass is 35.5. The summed E-state index contributed by atoms with van der Waals surface area (Å²) >= 11 is 16.1. The molecule has 0 atom stereocenters. The lowest BCUT2D eigenvalue weighted by molar-refractivity contribution is 0.0944. The van der Waals surface area contributed by atoms with Gasteiger partial charge in [-0.1, -0.05) is 29.3 Å². The highest BCUT2D eigenvalue weighted by Crippen LogP contribution is 2.23. The van der Waals surface area contributed by atoms with Crippen molar-refractivity contribution in [3.63, 3.8) is 0 Å². The summed E-state index contributed by atoms with van der Waals surface area (Å²) in [6.45, 7) is 0. The van der Waals surface area contributed by atoms with Gasteiger partial charge in [0.1, 0.15) is 0 Å². The molecule has 0 spiro atoms. The number of nitrogens with two attached hydrogens (primary N) is 1. The number of thiocarbonyl (C=S) groups is 1. The van der Waals surface area contributed by atoms with Crippen molar-refractivity contribution in [1.82, 2.24) is 10.9 Å². The number of nitrogens with one attached hydrogen (secondary N) is 2. The van der Waals surface area contributed by atoms with Crippen LogP contribution in [0.1, 0.15) is 10.4 Å². The number of hydrogen-bond donors (Lipinski definition) is 3. The fourth-order valence-electron chi connectivity index (χ4n) is 0.896. The average molecular weight is 264 g/mol. The van der Waals surface area contributed by atoms with Gasteiger partial charge in [0.05, 0.1) is 15.6 Å². The molecule has 0 fully saturated rings. The topological polar surface area (TPSA) is 67.2 Å². The number of amides is 1. The van der Waals surface area contributed by atoms with E-state index in [1.54, 1.807) is 18.2 Å². The van der Waals surface area contributed by atoms with Gasteiger partial charge in [-0.2, -0.15) is 0 Å². The van der Waals surface area contributed by atoms with E-state index in [0.29, 0.717) is 0 Å². The van der Waals surface area contributed by atoms with E-state index in [9.17, 15) is 4.79 Å². The van der Waals surface area contributed by atoms with Crippen molar-refractivity contribution >= 4 is 46.4 Å². The van der Waals surface area contributed by atoms with E-state index < -0.39 is 5.91 Å². The minimum absolute atomic E-state index is 0.0495. The predicted molar refractivity (Wildman–Crippen MR) is 63.8 cm³/mol. The van der Waals surface area contributed by atoms with Gasteiger partial charge < -0.3 is 5.73 Å². The zero-order valence-electron chi connectivity index (χ0n) is 7.38. The number of carbonyl (C=O) groups excluding carboxylic acids is 1. The third kappa shape index (κ3) is 3.23. The predicted octanol–water partition coefficient (Wildman–Crippen LogP) is 1.47. The summed E-state index contributed by atoms with van der Waals surface area (Å²) in [5.41, 5.74) is 9.85. The van der Waals surface area contributed by atoms with Gasteiger partial charge in [-0.05, 0) is 24.4 Å². The summed E-state index contributed by atoms with van der Waals surface area (Å²) in [6, 6.07) is 4.76. The summed E-state index contributed by atoms with van der Waals surface area (Å²) in [7, 11) is 0. The maximum absolute atomic E-state index is 11.5. The zero-order valence-corrected chi connectivity index (χ0v) is 9.71. The van der Waals surface area contributed by atoms with E-state index >= 15 is 0 Å². The molecule has 1 aromatic rings. The van der Waals surface area contributed by atoms with Crippen LogP contribution in [-0.2, 0) is 0 Å². The van der Waals surface area contributed by atoms with Gasteiger partial charge in [-0.15, -0.1) is 0 Å². The molecule has 0 heterocycles. The summed E-state index contributed by atoms with van der Waals surface area (Å²) < 4.78 is 0. The Labute approximate surface area is 102 Å². The van der Waals surface area contributed by atoms with E-state index in [-0.39, 0.29) is 20.7 Å². The molecule has 4 N–H and O–H groups in total. The Morgan fingerprint density at radius 3 is 2.27 bits per heavy atom. The van der Waals surface area contributed by atoms with Crippen LogP contribution in [0.5, 0.6) is 0 Å². The summed E-state index contributed by atoms with van der Waals surface area (Å²) in [5, 5.41) is 0.459. The van der Waals surface area contributed by atoms with Gasteiger partial charge in [0, 0.05) is 0 Å². The van der Waals surface area contributed by atoms with Crippen LogP contribution in [0.15, 0.2) is 18.2 Å². The lowest BCUT2D eigenvalue weighted by Crippen LogP contribution is -2.44. The number of hydrogen-bond acceptors (Lipinski definition) is 2. The number of halogens is 2. The molecule has 0 aliphatic heterocycles. The molecule has 1 rings (SSSR count). The molecular formula is C8H7Cl2N3OS. The van der Waals surface area contributed by atoms with Crippen LogP contribution < -0.4 is 16.6 Å². The Hall–Kier alpha value is -1.04. The lowest BCUT2D eigenvalue weighted by atomic mass is 10.2. The quantitative estimate of drug-likeness (QED) is 0.531. The number of benzene rings is 1. The second kappa shape index (κ2) is 5.16. The molecule has 0 bridgehead atoms. The Kier molecular flexibility index (Phi) is 4.14. The molecule has 1 aromatic carbocycles. The van der Waals surface area contributed by atoms with Crippen LogP contribution in [0.2, 0.25) is 10.0 Å². The maximum Gasteiger partial charge on any atom is 0.272 e. The maximum atomic E-state index is 11.5. The fraction of sp³-hybridized carbons (Fsp3) is 0. The first-order valence-corrected chi connectivity index (χ1v) is 4.98. The zero-order chi connectivity index (χ0) is 11.4. The van der Waals surface area contributed by atoms with Crippen molar-refractivity contribution in [2.45, 2.75) is 0 Å². The fourth-order valence-corrected chi connectivity index (χ4v) is 1.52. The third-order valence-electron chi connectivity index (χ3n) is 1.49. The molecule has 0 radical (unpaired) electrons. The first-order chi connectivity index (χ1) is 7.02. The minimum atomic E-state index is -0.501. The van der Waals surface area contributed by atoms with Gasteiger partial charge in [0.25, 0.3) is 5.91 Å². The number of rotatable bonds is 1. The van der Waals surface area contributed by atoms with Crippen molar-refractivity contribution in [1.29, 1.82) is 0 Å². The highest BCUT2D eigenvalue weighted by molar-refractivity contribution is 7.80. The standard InChI is InChI=1S/C8H7Cl2N3OS/c9-4-2-1-3-5(10)6(4)7(14)12-13-8(11)15/h1-3H,(H,12,14)(H3,11,13,15). The van der Waals surface area contributed by atoms with Gasteiger partial charge in [0.2, 0.25) is 0 Å². The van der Waals surface area contributed by atoms with Crippen molar-refractivity contribution in [3.8, 4) is 0 Å². The van der Waals surface area contributed by atoms with Crippen LogP contribution in [0.3, 0.4) is 0 Å². The Morgan fingerprint density at radius 2 is 1.80 bits per heavy atom. The number of hydrazine groups is 1. The highest BCUT2D eigenvalue weighted by Gasteiger charge is 2.13. The molecule has 4 nitrogen and oxygen atoms in total. The molecule has 80 valence electrons. The Morgan fingerprint density at radius 1 is 1.27 bits per heavy atom. The second-order valence-electron chi connectivity index (χ2n) is 2.54. The van der Waals surface area contributed by atoms with Crippen molar-refractivity contribution in [2.75, 3.05) is 0 Å². The molecule has 0 unspecified atom stereocenters. The first kappa shape index (κ1) is 12.0. The van der Waals surface area contributed by atoms with Crippen molar-refractivity contribution < 1.29 is 4.79 Å². The third-order valence-corrected chi connectivity index (χ3v) is 2.22. The summed E-state index contributed by atoms with van der Waals surface area (Å²) in [6.07, 6.45) is 0. The van der Waals surface area contributed by atoms with Crippen LogP contribution in [0, 0.1) is 0 Å². The van der Waals surface area contributed by atoms with E-state index in [1.165, 1.54) is 0 Å². The van der Waals surface area contributed by atoms with Gasteiger partial charge in [0.15, 0.2) is 5.11 Å². The smallest absolute Gasteiger partial charge is 0.272 e. The number of carbonyl (C=O) groups is 1. The van der Waals surface area contributed by atoms with E-state index in [4.69, 9.17) is 28.9 Å². The normalized spacial score (nSPS) is 9.47. The van der Waals surface area contributed by atoms with Crippen LogP contribution in [0.25, 0.3) is 0 Å². The molecular weight excluding hydrogens is 257 g/mol. The molecule has 15 heavy (non-hydrogen) atoms.